The Hall–Kier alpha value is -2.16. The topological polar surface area (TPSA) is 27.7 Å². The largest absolute Gasteiger partial charge is 0.497 e. The summed E-state index contributed by atoms with van der Waals surface area (Å²) in [6, 6.07) is 14.1. The minimum absolute atomic E-state index is 0.0738. The minimum atomic E-state index is 0.0738. The normalized spacial score (nSPS) is 17.0. The van der Waals surface area contributed by atoms with E-state index in [-0.39, 0.29) is 6.10 Å². The van der Waals surface area contributed by atoms with E-state index < -0.39 is 0 Å². The Morgan fingerprint density at radius 2 is 1.80 bits per heavy atom. The molecule has 1 atom stereocenters. The Bertz CT molecular complexity index is 607. The maximum atomic E-state index is 6.12. The predicted molar refractivity (Wildman–Crippen MR) is 77.7 cm³/mol. The van der Waals surface area contributed by atoms with Crippen molar-refractivity contribution >= 4 is 0 Å². The van der Waals surface area contributed by atoms with Crippen LogP contribution in [0.5, 0.6) is 17.2 Å². The summed E-state index contributed by atoms with van der Waals surface area (Å²) < 4.78 is 16.7. The smallest absolute Gasteiger partial charge is 0.127 e. The molecular weight excluding hydrogens is 252 g/mol. The van der Waals surface area contributed by atoms with Gasteiger partial charge in [-0.3, -0.25) is 0 Å². The van der Waals surface area contributed by atoms with E-state index in [1.165, 1.54) is 5.56 Å². The van der Waals surface area contributed by atoms with Gasteiger partial charge in [-0.25, -0.2) is 0 Å². The van der Waals surface area contributed by atoms with E-state index >= 15 is 0 Å². The van der Waals surface area contributed by atoms with Gasteiger partial charge < -0.3 is 14.2 Å². The molecule has 1 heterocycles. The first kappa shape index (κ1) is 12.9. The van der Waals surface area contributed by atoms with Crippen molar-refractivity contribution in [1.29, 1.82) is 0 Å². The van der Waals surface area contributed by atoms with Crippen LogP contribution in [-0.4, -0.2) is 14.2 Å². The number of aryl methyl sites for hydroxylation is 1. The first-order valence-electron chi connectivity index (χ1n) is 6.77. The second-order valence-corrected chi connectivity index (χ2v) is 4.90. The highest BCUT2D eigenvalue weighted by Gasteiger charge is 2.22. The van der Waals surface area contributed by atoms with Crippen molar-refractivity contribution in [2.45, 2.75) is 18.9 Å². The van der Waals surface area contributed by atoms with Crippen molar-refractivity contribution in [2.24, 2.45) is 0 Å². The van der Waals surface area contributed by atoms with Gasteiger partial charge in [0.2, 0.25) is 0 Å². The third-order valence-electron chi connectivity index (χ3n) is 3.68. The molecule has 0 spiro atoms. The quantitative estimate of drug-likeness (QED) is 0.849. The highest BCUT2D eigenvalue weighted by molar-refractivity contribution is 5.43. The van der Waals surface area contributed by atoms with E-state index in [1.807, 2.05) is 30.3 Å². The summed E-state index contributed by atoms with van der Waals surface area (Å²) in [5, 5.41) is 0. The monoisotopic (exact) mass is 270 g/mol. The van der Waals surface area contributed by atoms with Crippen LogP contribution >= 0.6 is 0 Å². The summed E-state index contributed by atoms with van der Waals surface area (Å²) in [6.07, 6.45) is 2.07. The lowest BCUT2D eigenvalue weighted by Crippen LogP contribution is -2.15. The van der Waals surface area contributed by atoms with Gasteiger partial charge in [-0.05, 0) is 42.2 Å². The molecule has 104 valence electrons. The molecule has 0 aliphatic carbocycles. The molecule has 3 nitrogen and oxygen atoms in total. The molecule has 0 radical (unpaired) electrons. The van der Waals surface area contributed by atoms with Gasteiger partial charge in [0, 0.05) is 6.07 Å². The lowest BCUT2D eigenvalue weighted by Gasteiger charge is -2.27. The van der Waals surface area contributed by atoms with Gasteiger partial charge in [-0.15, -0.1) is 0 Å². The van der Waals surface area contributed by atoms with Crippen molar-refractivity contribution in [1.82, 2.24) is 0 Å². The standard InChI is InChI=1S/C17H18O3/c1-18-14-5-3-4-13(10-14)16-9-7-12-6-8-15(19-2)11-17(12)20-16/h3-6,8,10-11,16H,7,9H2,1-2H3/t16-/m0/s1. The summed E-state index contributed by atoms with van der Waals surface area (Å²) in [5.41, 5.74) is 2.39. The predicted octanol–water partition coefficient (Wildman–Crippen LogP) is 3.77. The van der Waals surface area contributed by atoms with Crippen LogP contribution in [0.3, 0.4) is 0 Å². The maximum Gasteiger partial charge on any atom is 0.127 e. The first-order chi connectivity index (χ1) is 9.80. The van der Waals surface area contributed by atoms with Gasteiger partial charge in [-0.1, -0.05) is 18.2 Å². The van der Waals surface area contributed by atoms with Crippen LogP contribution in [0.1, 0.15) is 23.7 Å². The van der Waals surface area contributed by atoms with Gasteiger partial charge in [-0.2, -0.15) is 0 Å². The van der Waals surface area contributed by atoms with E-state index in [2.05, 4.69) is 12.1 Å². The van der Waals surface area contributed by atoms with Crippen molar-refractivity contribution in [3.63, 3.8) is 0 Å². The Kier molecular flexibility index (Phi) is 3.50. The number of methoxy groups -OCH3 is 2. The fourth-order valence-electron chi connectivity index (χ4n) is 2.55. The Morgan fingerprint density at radius 1 is 1.00 bits per heavy atom. The third-order valence-corrected chi connectivity index (χ3v) is 3.68. The van der Waals surface area contributed by atoms with Crippen LogP contribution in [-0.2, 0) is 6.42 Å². The highest BCUT2D eigenvalue weighted by atomic mass is 16.5. The molecule has 0 saturated heterocycles. The fourth-order valence-corrected chi connectivity index (χ4v) is 2.55. The lowest BCUT2D eigenvalue weighted by atomic mass is 9.97. The van der Waals surface area contributed by atoms with Gasteiger partial charge >= 0.3 is 0 Å². The SMILES string of the molecule is COc1cccc([C@@H]2CCc3ccc(OC)cc3O2)c1. The number of benzene rings is 2. The average Bonchev–Trinajstić information content (AvgIpc) is 2.53. The zero-order valence-electron chi connectivity index (χ0n) is 11.8. The number of ether oxygens (including phenoxy) is 3. The summed E-state index contributed by atoms with van der Waals surface area (Å²) in [5.74, 6) is 2.61. The molecule has 0 N–H and O–H groups in total. The van der Waals surface area contributed by atoms with Gasteiger partial charge in [0.25, 0.3) is 0 Å². The number of hydrogen-bond donors (Lipinski definition) is 0. The second kappa shape index (κ2) is 5.45. The molecule has 0 bridgehead atoms. The lowest BCUT2D eigenvalue weighted by molar-refractivity contribution is 0.175. The zero-order valence-corrected chi connectivity index (χ0v) is 11.8. The third kappa shape index (κ3) is 2.44. The molecule has 2 aromatic rings. The van der Waals surface area contributed by atoms with Crippen LogP contribution < -0.4 is 14.2 Å². The molecule has 20 heavy (non-hydrogen) atoms. The summed E-state index contributed by atoms with van der Waals surface area (Å²) in [7, 11) is 3.35. The van der Waals surface area contributed by atoms with E-state index in [9.17, 15) is 0 Å². The van der Waals surface area contributed by atoms with E-state index in [1.54, 1.807) is 14.2 Å². The van der Waals surface area contributed by atoms with Crippen LogP contribution in [0.2, 0.25) is 0 Å². The average molecular weight is 270 g/mol. The fraction of sp³-hybridized carbons (Fsp3) is 0.294. The van der Waals surface area contributed by atoms with Gasteiger partial charge in [0.05, 0.1) is 14.2 Å². The van der Waals surface area contributed by atoms with Crippen LogP contribution in [0.4, 0.5) is 0 Å². The summed E-state index contributed by atoms with van der Waals surface area (Å²) in [6.45, 7) is 0. The van der Waals surface area contributed by atoms with Crippen LogP contribution in [0, 0.1) is 0 Å². The van der Waals surface area contributed by atoms with Gasteiger partial charge in [0.1, 0.15) is 23.4 Å². The Morgan fingerprint density at radius 3 is 2.60 bits per heavy atom. The molecule has 3 rings (SSSR count). The molecule has 0 amide bonds. The first-order valence-corrected chi connectivity index (χ1v) is 6.77. The molecule has 0 fully saturated rings. The van der Waals surface area contributed by atoms with E-state index in [0.29, 0.717) is 0 Å². The molecule has 3 heteroatoms. The molecular formula is C17H18O3. The number of fused-ring (bicyclic) bond motifs is 1. The Balaban J connectivity index is 1.87. The number of rotatable bonds is 3. The molecule has 1 aliphatic rings. The summed E-state index contributed by atoms with van der Waals surface area (Å²) >= 11 is 0. The van der Waals surface area contributed by atoms with Crippen molar-refractivity contribution < 1.29 is 14.2 Å². The van der Waals surface area contributed by atoms with Gasteiger partial charge in [0.15, 0.2) is 0 Å². The van der Waals surface area contributed by atoms with Crippen LogP contribution in [0.25, 0.3) is 0 Å². The minimum Gasteiger partial charge on any atom is -0.497 e. The van der Waals surface area contributed by atoms with E-state index in [0.717, 1.165) is 35.7 Å². The molecule has 1 aliphatic heterocycles. The Labute approximate surface area is 119 Å². The van der Waals surface area contributed by atoms with Crippen molar-refractivity contribution in [3.05, 3.63) is 53.6 Å². The van der Waals surface area contributed by atoms with Crippen LogP contribution in [0.15, 0.2) is 42.5 Å². The second-order valence-electron chi connectivity index (χ2n) is 4.90. The van der Waals surface area contributed by atoms with Crippen molar-refractivity contribution in [2.75, 3.05) is 14.2 Å². The molecule has 0 unspecified atom stereocenters. The summed E-state index contributed by atoms with van der Waals surface area (Å²) in [4.78, 5) is 0. The number of hydrogen-bond acceptors (Lipinski definition) is 3. The molecule has 2 aromatic carbocycles. The maximum absolute atomic E-state index is 6.12. The zero-order chi connectivity index (χ0) is 13.9. The van der Waals surface area contributed by atoms with E-state index in [4.69, 9.17) is 14.2 Å². The highest BCUT2D eigenvalue weighted by Crippen LogP contribution is 2.37. The molecule has 0 saturated carbocycles. The van der Waals surface area contributed by atoms with Crippen molar-refractivity contribution in [3.8, 4) is 17.2 Å². The molecule has 0 aromatic heterocycles.